The third-order valence-corrected chi connectivity index (χ3v) is 6.21. The molecule has 31 heavy (non-hydrogen) atoms. The number of H-pyrrole nitrogens is 1. The van der Waals surface area contributed by atoms with E-state index in [-0.39, 0.29) is 24.4 Å². The largest absolute Gasteiger partial charge is 0.361 e. The van der Waals surface area contributed by atoms with Crippen molar-refractivity contribution >= 4 is 28.7 Å². The van der Waals surface area contributed by atoms with Crippen LogP contribution in [0.1, 0.15) is 35.6 Å². The molecule has 2 atom stereocenters. The Morgan fingerprint density at radius 1 is 1.10 bits per heavy atom. The standard InChI is InChI=1S/C24H24N4O3/c29-22(26-20-11-5-7-15-6-1-2-8-17(15)20)14-28-23(30)21(27-24(28)31)12-16-13-25-19-10-4-3-9-18(16)19/h1-4,6,8-10,13,20-21,25H,5,7,11-12,14H2,(H,26,29)(H,27,31). The Morgan fingerprint density at radius 2 is 1.90 bits per heavy atom. The van der Waals surface area contributed by atoms with Crippen molar-refractivity contribution in [2.75, 3.05) is 6.54 Å². The molecule has 0 saturated carbocycles. The van der Waals surface area contributed by atoms with Crippen LogP contribution < -0.4 is 10.6 Å². The Hall–Kier alpha value is -3.61. The first-order chi connectivity index (χ1) is 15.1. The fourth-order valence-corrected chi connectivity index (χ4v) is 4.67. The van der Waals surface area contributed by atoms with Crippen molar-refractivity contribution < 1.29 is 14.4 Å². The molecule has 0 spiro atoms. The van der Waals surface area contributed by atoms with Crippen molar-refractivity contribution in [3.05, 3.63) is 71.4 Å². The van der Waals surface area contributed by atoms with Crippen LogP contribution >= 0.6 is 0 Å². The van der Waals surface area contributed by atoms with Crippen molar-refractivity contribution in [3.8, 4) is 0 Å². The minimum atomic E-state index is -0.671. The van der Waals surface area contributed by atoms with E-state index >= 15 is 0 Å². The van der Waals surface area contributed by atoms with E-state index in [2.05, 4.69) is 21.7 Å². The summed E-state index contributed by atoms with van der Waals surface area (Å²) in [6.07, 6.45) is 5.09. The Morgan fingerprint density at radius 3 is 2.81 bits per heavy atom. The number of aromatic nitrogens is 1. The monoisotopic (exact) mass is 416 g/mol. The number of urea groups is 1. The highest BCUT2D eigenvalue weighted by atomic mass is 16.2. The molecule has 1 saturated heterocycles. The molecular weight excluding hydrogens is 392 g/mol. The van der Waals surface area contributed by atoms with Gasteiger partial charge in [-0.15, -0.1) is 0 Å². The summed E-state index contributed by atoms with van der Waals surface area (Å²) < 4.78 is 0. The molecule has 7 heteroatoms. The normalized spacial score (nSPS) is 20.6. The molecule has 1 aliphatic heterocycles. The van der Waals surface area contributed by atoms with Gasteiger partial charge in [0.1, 0.15) is 12.6 Å². The van der Waals surface area contributed by atoms with E-state index in [1.165, 1.54) is 5.56 Å². The molecule has 1 fully saturated rings. The molecule has 7 nitrogen and oxygen atoms in total. The maximum absolute atomic E-state index is 12.9. The molecule has 2 aliphatic rings. The summed E-state index contributed by atoms with van der Waals surface area (Å²) in [5.74, 6) is -0.688. The number of amides is 4. The zero-order valence-corrected chi connectivity index (χ0v) is 17.1. The summed E-state index contributed by atoms with van der Waals surface area (Å²) in [6.45, 7) is -0.270. The van der Waals surface area contributed by atoms with E-state index in [0.29, 0.717) is 6.42 Å². The minimum Gasteiger partial charge on any atom is -0.361 e. The van der Waals surface area contributed by atoms with Crippen LogP contribution in [0, 0.1) is 0 Å². The molecule has 3 aromatic rings. The van der Waals surface area contributed by atoms with E-state index in [1.807, 2.05) is 48.7 Å². The minimum absolute atomic E-state index is 0.0831. The third-order valence-electron chi connectivity index (χ3n) is 6.21. The van der Waals surface area contributed by atoms with Crippen LogP contribution in [0.15, 0.2) is 54.7 Å². The number of imide groups is 1. The Bertz CT molecular complexity index is 1170. The second kappa shape index (κ2) is 7.91. The quantitative estimate of drug-likeness (QED) is 0.558. The van der Waals surface area contributed by atoms with Crippen LogP contribution in [-0.4, -0.2) is 40.3 Å². The summed E-state index contributed by atoms with van der Waals surface area (Å²) in [6, 6.07) is 14.6. The lowest BCUT2D eigenvalue weighted by Crippen LogP contribution is -2.42. The average Bonchev–Trinajstić information content (AvgIpc) is 3.30. The average molecular weight is 416 g/mol. The third kappa shape index (κ3) is 3.67. The lowest BCUT2D eigenvalue weighted by Gasteiger charge is -2.27. The fraction of sp³-hybridized carbons (Fsp3) is 0.292. The van der Waals surface area contributed by atoms with Crippen molar-refractivity contribution in [2.24, 2.45) is 0 Å². The summed E-state index contributed by atoms with van der Waals surface area (Å²) in [5, 5.41) is 6.76. The van der Waals surface area contributed by atoms with E-state index < -0.39 is 12.1 Å². The SMILES string of the molecule is O=C(CN1C(=O)NC(Cc2c[nH]c3ccccc23)C1=O)NC1CCCc2ccccc21. The van der Waals surface area contributed by atoms with Crippen LogP contribution in [0.25, 0.3) is 10.9 Å². The Kier molecular flexibility index (Phi) is 4.94. The van der Waals surface area contributed by atoms with Gasteiger partial charge in [-0.1, -0.05) is 42.5 Å². The highest BCUT2D eigenvalue weighted by Gasteiger charge is 2.39. The number of para-hydroxylation sites is 1. The number of nitrogens with one attached hydrogen (secondary N) is 3. The van der Waals surface area contributed by atoms with E-state index in [4.69, 9.17) is 0 Å². The number of rotatable bonds is 5. The van der Waals surface area contributed by atoms with Crippen molar-refractivity contribution in [2.45, 2.75) is 37.8 Å². The van der Waals surface area contributed by atoms with Crippen LogP contribution in [0.3, 0.4) is 0 Å². The number of hydrogen-bond acceptors (Lipinski definition) is 3. The zero-order valence-electron chi connectivity index (χ0n) is 17.1. The van der Waals surface area contributed by atoms with Crippen LogP contribution in [0.5, 0.6) is 0 Å². The lowest BCUT2D eigenvalue weighted by atomic mass is 9.88. The van der Waals surface area contributed by atoms with Gasteiger partial charge in [0.25, 0.3) is 5.91 Å². The van der Waals surface area contributed by atoms with Gasteiger partial charge < -0.3 is 15.6 Å². The van der Waals surface area contributed by atoms with Crippen molar-refractivity contribution in [1.82, 2.24) is 20.5 Å². The fourth-order valence-electron chi connectivity index (χ4n) is 4.67. The van der Waals surface area contributed by atoms with Gasteiger partial charge in [0.2, 0.25) is 5.91 Å². The number of carbonyl (C=O) groups excluding carboxylic acids is 3. The summed E-state index contributed by atoms with van der Waals surface area (Å²) in [7, 11) is 0. The molecule has 3 N–H and O–H groups in total. The Labute approximate surface area is 179 Å². The molecule has 158 valence electrons. The lowest BCUT2D eigenvalue weighted by molar-refractivity contribution is -0.132. The molecule has 0 radical (unpaired) electrons. The topological polar surface area (TPSA) is 94.3 Å². The second-order valence-electron chi connectivity index (χ2n) is 8.20. The first-order valence-corrected chi connectivity index (χ1v) is 10.6. The summed E-state index contributed by atoms with van der Waals surface area (Å²) in [5.41, 5.74) is 4.31. The molecular formula is C24H24N4O3. The van der Waals surface area contributed by atoms with Gasteiger partial charge >= 0.3 is 6.03 Å². The van der Waals surface area contributed by atoms with Crippen LogP contribution in [-0.2, 0) is 22.4 Å². The maximum atomic E-state index is 12.9. The van der Waals surface area contributed by atoms with Crippen molar-refractivity contribution in [1.29, 1.82) is 0 Å². The van der Waals surface area contributed by atoms with Gasteiger partial charge in [-0.05, 0) is 42.0 Å². The maximum Gasteiger partial charge on any atom is 0.325 e. The molecule has 5 rings (SSSR count). The van der Waals surface area contributed by atoms with E-state index in [0.717, 1.165) is 46.2 Å². The number of fused-ring (bicyclic) bond motifs is 2. The summed E-state index contributed by atoms with van der Waals surface area (Å²) in [4.78, 5) is 42.2. The van der Waals surface area contributed by atoms with Gasteiger partial charge in [-0.25, -0.2) is 4.79 Å². The predicted octanol–water partition coefficient (Wildman–Crippen LogP) is 2.82. The number of carbonyl (C=O) groups is 3. The number of aromatic amines is 1. The van der Waals surface area contributed by atoms with Gasteiger partial charge in [-0.2, -0.15) is 0 Å². The number of benzene rings is 2. The van der Waals surface area contributed by atoms with Gasteiger partial charge in [0.05, 0.1) is 6.04 Å². The molecule has 0 bridgehead atoms. The molecule has 4 amide bonds. The molecule has 2 unspecified atom stereocenters. The van der Waals surface area contributed by atoms with Gasteiger partial charge in [0, 0.05) is 23.5 Å². The predicted molar refractivity (Wildman–Crippen MR) is 116 cm³/mol. The first-order valence-electron chi connectivity index (χ1n) is 10.6. The van der Waals surface area contributed by atoms with E-state index in [1.54, 1.807) is 0 Å². The smallest absolute Gasteiger partial charge is 0.325 e. The van der Waals surface area contributed by atoms with E-state index in [9.17, 15) is 14.4 Å². The Balaban J connectivity index is 1.24. The van der Waals surface area contributed by atoms with Gasteiger partial charge in [0.15, 0.2) is 0 Å². The molecule has 1 aliphatic carbocycles. The highest BCUT2D eigenvalue weighted by Crippen LogP contribution is 2.29. The number of aryl methyl sites for hydroxylation is 1. The highest BCUT2D eigenvalue weighted by molar-refractivity contribution is 6.06. The number of hydrogen-bond donors (Lipinski definition) is 3. The second-order valence-corrected chi connectivity index (χ2v) is 8.20. The van der Waals surface area contributed by atoms with Crippen molar-refractivity contribution in [3.63, 3.8) is 0 Å². The molecule has 2 aromatic carbocycles. The van der Waals surface area contributed by atoms with Crippen LogP contribution in [0.4, 0.5) is 4.79 Å². The van der Waals surface area contributed by atoms with Crippen LogP contribution in [0.2, 0.25) is 0 Å². The summed E-state index contributed by atoms with van der Waals surface area (Å²) >= 11 is 0. The number of nitrogens with zero attached hydrogens (tertiary/aromatic N) is 1. The zero-order chi connectivity index (χ0) is 21.4. The van der Waals surface area contributed by atoms with Gasteiger partial charge in [-0.3, -0.25) is 14.5 Å². The molecule has 2 heterocycles. The molecule has 1 aromatic heterocycles. The first kappa shape index (κ1) is 19.4.